The smallest absolute Gasteiger partial charge is 0.334 e. The van der Waals surface area contributed by atoms with Crippen LogP contribution in [0.2, 0.25) is 0 Å². The fourth-order valence-corrected chi connectivity index (χ4v) is 0.971. The highest BCUT2D eigenvalue weighted by atomic mass is 16.4. The molecule has 5 nitrogen and oxygen atoms in total. The van der Waals surface area contributed by atoms with Crippen LogP contribution in [0.1, 0.15) is 5.56 Å². The zero-order valence-electron chi connectivity index (χ0n) is 8.88. The van der Waals surface area contributed by atoms with Gasteiger partial charge in [0.05, 0.1) is 6.54 Å². The summed E-state index contributed by atoms with van der Waals surface area (Å²) >= 11 is 0. The lowest BCUT2D eigenvalue weighted by Gasteiger charge is -2.03. The molecule has 0 bridgehead atoms. The molecular weight excluding hydrogens is 222 g/mol. The molecule has 1 amide bonds. The van der Waals surface area contributed by atoms with Crippen LogP contribution >= 0.6 is 0 Å². The van der Waals surface area contributed by atoms with Gasteiger partial charge in [-0.25, -0.2) is 4.79 Å². The van der Waals surface area contributed by atoms with E-state index in [1.807, 2.05) is 6.07 Å². The van der Waals surface area contributed by atoms with Crippen LogP contribution in [-0.4, -0.2) is 34.7 Å². The molecule has 1 atom stereocenters. The Bertz CT molecular complexity index is 458. The third-order valence-electron chi connectivity index (χ3n) is 1.84. The number of amides is 1. The molecule has 0 aromatic heterocycles. The van der Waals surface area contributed by atoms with Gasteiger partial charge in [-0.15, -0.1) is 0 Å². The molecule has 17 heavy (non-hydrogen) atoms. The van der Waals surface area contributed by atoms with Gasteiger partial charge in [0.15, 0.2) is 6.10 Å². The van der Waals surface area contributed by atoms with Crippen molar-refractivity contribution in [3.8, 4) is 11.8 Å². The maximum atomic E-state index is 11.2. The summed E-state index contributed by atoms with van der Waals surface area (Å²) in [5.74, 6) is 2.88. The summed E-state index contributed by atoms with van der Waals surface area (Å²) in [6.07, 6.45) is -1.61. The number of aliphatic hydroxyl groups is 1. The Morgan fingerprint density at radius 1 is 1.29 bits per heavy atom. The molecule has 0 spiro atoms. The maximum absolute atomic E-state index is 11.2. The van der Waals surface area contributed by atoms with Crippen molar-refractivity contribution in [2.24, 2.45) is 0 Å². The molecule has 0 aliphatic heterocycles. The van der Waals surface area contributed by atoms with Crippen molar-refractivity contribution >= 4 is 11.9 Å². The number of carbonyl (C=O) groups excluding carboxylic acids is 1. The standard InChI is InChI=1S/C12H11NO4/c14-10(12(16)17)8-13-11(15)7-6-9-4-2-1-3-5-9/h1-5,10,14H,8H2,(H,13,15)(H,16,17). The molecule has 0 saturated heterocycles. The van der Waals surface area contributed by atoms with Gasteiger partial charge in [0.1, 0.15) is 0 Å². The van der Waals surface area contributed by atoms with Gasteiger partial charge in [0.2, 0.25) is 0 Å². The number of carboxylic acid groups (broad SMARTS) is 1. The largest absolute Gasteiger partial charge is 0.479 e. The molecule has 88 valence electrons. The number of carbonyl (C=O) groups is 2. The summed E-state index contributed by atoms with van der Waals surface area (Å²) in [6.45, 7) is -0.363. The molecule has 0 aliphatic rings. The van der Waals surface area contributed by atoms with E-state index in [0.717, 1.165) is 0 Å². The minimum Gasteiger partial charge on any atom is -0.479 e. The van der Waals surface area contributed by atoms with Crippen molar-refractivity contribution in [1.29, 1.82) is 0 Å². The summed E-state index contributed by atoms with van der Waals surface area (Å²) in [4.78, 5) is 21.4. The maximum Gasteiger partial charge on any atom is 0.334 e. The first-order valence-corrected chi connectivity index (χ1v) is 4.85. The Hall–Kier alpha value is -2.32. The van der Waals surface area contributed by atoms with E-state index in [4.69, 9.17) is 10.2 Å². The van der Waals surface area contributed by atoms with Gasteiger partial charge in [0.25, 0.3) is 5.91 Å². The molecule has 0 heterocycles. The number of hydrogen-bond donors (Lipinski definition) is 3. The fourth-order valence-electron chi connectivity index (χ4n) is 0.971. The molecule has 1 unspecified atom stereocenters. The predicted molar refractivity (Wildman–Crippen MR) is 60.0 cm³/mol. The van der Waals surface area contributed by atoms with Crippen LogP contribution in [0.25, 0.3) is 0 Å². The van der Waals surface area contributed by atoms with Gasteiger partial charge in [-0.1, -0.05) is 24.1 Å². The van der Waals surface area contributed by atoms with Crippen LogP contribution in [0, 0.1) is 11.8 Å². The van der Waals surface area contributed by atoms with Crippen molar-refractivity contribution < 1.29 is 19.8 Å². The van der Waals surface area contributed by atoms with Crippen molar-refractivity contribution in [3.63, 3.8) is 0 Å². The Morgan fingerprint density at radius 3 is 2.53 bits per heavy atom. The first-order chi connectivity index (χ1) is 8.09. The molecule has 5 heteroatoms. The van der Waals surface area contributed by atoms with Gasteiger partial charge in [0, 0.05) is 11.5 Å². The molecule has 0 fully saturated rings. The predicted octanol–water partition coefficient (Wildman–Crippen LogP) is -0.400. The second-order valence-electron chi connectivity index (χ2n) is 3.18. The molecule has 1 rings (SSSR count). The zero-order valence-corrected chi connectivity index (χ0v) is 8.88. The number of carboxylic acids is 1. The van der Waals surface area contributed by atoms with Gasteiger partial charge in [-0.05, 0) is 12.1 Å². The van der Waals surface area contributed by atoms with Gasteiger partial charge >= 0.3 is 5.97 Å². The Kier molecular flexibility index (Phi) is 4.73. The Balaban J connectivity index is 2.46. The monoisotopic (exact) mass is 233 g/mol. The highest BCUT2D eigenvalue weighted by Gasteiger charge is 2.12. The van der Waals surface area contributed by atoms with E-state index in [9.17, 15) is 9.59 Å². The lowest BCUT2D eigenvalue weighted by Crippen LogP contribution is -2.35. The lowest BCUT2D eigenvalue weighted by molar-refractivity contribution is -0.146. The second-order valence-corrected chi connectivity index (χ2v) is 3.18. The minimum absolute atomic E-state index is 0.363. The van der Waals surface area contributed by atoms with Crippen molar-refractivity contribution in [3.05, 3.63) is 35.9 Å². The van der Waals surface area contributed by atoms with Crippen LogP contribution in [0.15, 0.2) is 30.3 Å². The third-order valence-corrected chi connectivity index (χ3v) is 1.84. The second kappa shape index (κ2) is 6.30. The zero-order chi connectivity index (χ0) is 12.7. The summed E-state index contributed by atoms with van der Waals surface area (Å²) in [6, 6.07) is 8.89. The van der Waals surface area contributed by atoms with E-state index in [1.54, 1.807) is 24.3 Å². The van der Waals surface area contributed by atoms with Crippen molar-refractivity contribution in [2.75, 3.05) is 6.54 Å². The first-order valence-electron chi connectivity index (χ1n) is 4.85. The summed E-state index contributed by atoms with van der Waals surface area (Å²) in [5, 5.41) is 19.5. The van der Waals surface area contributed by atoms with Crippen molar-refractivity contribution in [1.82, 2.24) is 5.32 Å². The fraction of sp³-hybridized carbons (Fsp3) is 0.167. The van der Waals surface area contributed by atoms with E-state index < -0.39 is 18.0 Å². The third kappa shape index (κ3) is 4.82. The van der Waals surface area contributed by atoms with Gasteiger partial charge in [-0.3, -0.25) is 4.79 Å². The van der Waals surface area contributed by atoms with Crippen LogP contribution in [-0.2, 0) is 9.59 Å². The van der Waals surface area contributed by atoms with E-state index in [1.165, 1.54) is 0 Å². The molecule has 0 saturated carbocycles. The Morgan fingerprint density at radius 2 is 1.94 bits per heavy atom. The molecular formula is C12H11NO4. The number of nitrogens with one attached hydrogen (secondary N) is 1. The summed E-state index contributed by atoms with van der Waals surface area (Å²) < 4.78 is 0. The SMILES string of the molecule is O=C(C#Cc1ccccc1)NCC(O)C(=O)O. The molecule has 3 N–H and O–H groups in total. The van der Waals surface area contributed by atoms with Crippen molar-refractivity contribution in [2.45, 2.75) is 6.10 Å². The quantitative estimate of drug-likeness (QED) is 0.620. The first kappa shape index (κ1) is 12.7. The average Bonchev–Trinajstić information content (AvgIpc) is 2.34. The van der Waals surface area contributed by atoms with Crippen LogP contribution in [0.5, 0.6) is 0 Å². The highest BCUT2D eigenvalue weighted by Crippen LogP contribution is 1.94. The van der Waals surface area contributed by atoms with E-state index in [-0.39, 0.29) is 6.54 Å². The van der Waals surface area contributed by atoms with E-state index in [0.29, 0.717) is 5.56 Å². The number of benzene rings is 1. The average molecular weight is 233 g/mol. The normalized spacial score (nSPS) is 10.9. The van der Waals surface area contributed by atoms with Gasteiger partial charge < -0.3 is 15.5 Å². The molecule has 0 aliphatic carbocycles. The number of rotatable bonds is 3. The Labute approximate surface area is 98.1 Å². The minimum atomic E-state index is -1.61. The lowest BCUT2D eigenvalue weighted by atomic mass is 10.2. The van der Waals surface area contributed by atoms with E-state index >= 15 is 0 Å². The number of hydrogen-bond acceptors (Lipinski definition) is 3. The van der Waals surface area contributed by atoms with E-state index in [2.05, 4.69) is 17.2 Å². The summed E-state index contributed by atoms with van der Waals surface area (Å²) in [7, 11) is 0. The number of aliphatic carboxylic acids is 1. The van der Waals surface area contributed by atoms with Crippen LogP contribution < -0.4 is 5.32 Å². The topological polar surface area (TPSA) is 86.6 Å². The van der Waals surface area contributed by atoms with Gasteiger partial charge in [-0.2, -0.15) is 0 Å². The molecule has 1 aromatic carbocycles. The summed E-state index contributed by atoms with van der Waals surface area (Å²) in [5.41, 5.74) is 0.682. The molecule has 1 aromatic rings. The van der Waals surface area contributed by atoms with Crippen LogP contribution in [0.3, 0.4) is 0 Å². The highest BCUT2D eigenvalue weighted by molar-refractivity contribution is 5.94. The van der Waals surface area contributed by atoms with Crippen LogP contribution in [0.4, 0.5) is 0 Å². The molecule has 0 radical (unpaired) electrons. The number of aliphatic hydroxyl groups excluding tert-OH is 1.